The largest absolute Gasteiger partial charge is 0.481 e. The van der Waals surface area contributed by atoms with E-state index in [1.807, 2.05) is 57.5 Å². The second kappa shape index (κ2) is 18.3. The average Bonchev–Trinajstić information content (AvgIpc) is 3.61. The van der Waals surface area contributed by atoms with Crippen LogP contribution in [-0.4, -0.2) is 102 Å². The van der Waals surface area contributed by atoms with E-state index in [2.05, 4.69) is 4.98 Å². The van der Waals surface area contributed by atoms with Crippen LogP contribution in [0.2, 0.25) is 0 Å². The fourth-order valence-electron chi connectivity index (χ4n) is 5.38. The molecule has 2 heterocycles. The topological polar surface area (TPSA) is 153 Å². The molecule has 1 amide bonds. The van der Waals surface area contributed by atoms with Gasteiger partial charge in [-0.05, 0) is 29.9 Å². The van der Waals surface area contributed by atoms with E-state index in [9.17, 15) is 24.3 Å². The number of aliphatic hydroxyl groups excluding tert-OH is 1. The third-order valence-electron chi connectivity index (χ3n) is 8.06. The van der Waals surface area contributed by atoms with Gasteiger partial charge in [-0.25, -0.2) is 4.98 Å². The van der Waals surface area contributed by atoms with Crippen molar-refractivity contribution in [1.82, 2.24) is 9.88 Å². The highest BCUT2D eigenvalue weighted by molar-refractivity contribution is 7.13. The Morgan fingerprint density at radius 2 is 1.57 bits per heavy atom. The number of carboxylic acids is 1. The van der Waals surface area contributed by atoms with Gasteiger partial charge in [0.2, 0.25) is 5.91 Å². The minimum atomic E-state index is -0.914. The monoisotopic (exact) mass is 660 g/mol. The number of aryl methyl sites for hydroxylation is 2. The first-order valence-corrected chi connectivity index (χ1v) is 16.7. The molecular weight excluding hydrogens is 612 g/mol. The number of nitrogens with zero attached hydrogens (tertiary/aromatic N) is 2. The molecule has 0 radical (unpaired) electrons. The molecule has 1 aliphatic heterocycles. The molecule has 0 saturated carbocycles. The number of aliphatic hydroxyl groups is 1. The zero-order chi connectivity index (χ0) is 33.7. The van der Waals surface area contributed by atoms with Gasteiger partial charge in [0.15, 0.2) is 5.78 Å². The van der Waals surface area contributed by atoms with Crippen molar-refractivity contribution in [1.29, 1.82) is 0 Å². The number of carboxylic acid groups (broad SMARTS) is 1. The number of benzene rings is 1. The highest BCUT2D eigenvalue weighted by atomic mass is 32.1. The Kier molecular flexibility index (Phi) is 14.9. The maximum Gasteiger partial charge on any atom is 0.305 e. The van der Waals surface area contributed by atoms with Crippen molar-refractivity contribution >= 4 is 34.8 Å². The lowest BCUT2D eigenvalue weighted by Crippen LogP contribution is -2.47. The van der Waals surface area contributed by atoms with Crippen LogP contribution >= 0.6 is 11.3 Å². The lowest BCUT2D eigenvalue weighted by Gasteiger charge is -2.34. The van der Waals surface area contributed by atoms with Gasteiger partial charge in [0.1, 0.15) is 5.78 Å². The maximum absolute atomic E-state index is 13.8. The summed E-state index contributed by atoms with van der Waals surface area (Å²) in [6.07, 6.45) is 0.300. The molecule has 0 aliphatic carbocycles. The smallest absolute Gasteiger partial charge is 0.305 e. The van der Waals surface area contributed by atoms with E-state index in [0.29, 0.717) is 19.6 Å². The van der Waals surface area contributed by atoms with Crippen LogP contribution in [0, 0.1) is 18.3 Å². The second-order valence-corrected chi connectivity index (χ2v) is 13.6. The van der Waals surface area contributed by atoms with Gasteiger partial charge in [0.25, 0.3) is 0 Å². The molecule has 2 aromatic rings. The molecule has 254 valence electrons. The van der Waals surface area contributed by atoms with Crippen molar-refractivity contribution in [2.45, 2.75) is 78.4 Å². The molecule has 0 unspecified atom stereocenters. The number of rotatable bonds is 20. The van der Waals surface area contributed by atoms with E-state index in [1.54, 1.807) is 11.3 Å². The highest BCUT2D eigenvalue weighted by Crippen LogP contribution is 2.34. The maximum atomic E-state index is 13.8. The minimum absolute atomic E-state index is 0.0228. The summed E-state index contributed by atoms with van der Waals surface area (Å²) in [5.74, 6) is -2.04. The summed E-state index contributed by atoms with van der Waals surface area (Å²) in [5, 5.41) is 19.0. The van der Waals surface area contributed by atoms with Crippen molar-refractivity contribution in [2.24, 2.45) is 11.3 Å². The number of Topliss-reactive ketones (excluding diaryl/α,β-unsaturated/α-hetero) is 2. The van der Waals surface area contributed by atoms with Gasteiger partial charge in [-0.3, -0.25) is 19.2 Å². The van der Waals surface area contributed by atoms with Gasteiger partial charge < -0.3 is 29.3 Å². The SMILES string of the molecule is Cc1ncsc1-c1ccc(CCC(=O)[C@@H]2C[C@@H](O)CN2C(=O)[C@@H](CC(=O)CCOCCOCCOCCC(=O)O)C(C)(C)C)cc1. The van der Waals surface area contributed by atoms with Gasteiger partial charge in [-0.2, -0.15) is 0 Å². The van der Waals surface area contributed by atoms with E-state index in [-0.39, 0.29) is 82.6 Å². The Morgan fingerprint density at radius 3 is 2.13 bits per heavy atom. The molecule has 46 heavy (non-hydrogen) atoms. The van der Waals surface area contributed by atoms with Crippen LogP contribution in [0.15, 0.2) is 29.8 Å². The summed E-state index contributed by atoms with van der Waals surface area (Å²) in [5.41, 5.74) is 4.38. The zero-order valence-electron chi connectivity index (χ0n) is 27.4. The van der Waals surface area contributed by atoms with Gasteiger partial charge in [0.05, 0.1) is 74.3 Å². The van der Waals surface area contributed by atoms with E-state index < -0.39 is 29.4 Å². The Morgan fingerprint density at radius 1 is 0.957 bits per heavy atom. The predicted octanol–water partition coefficient (Wildman–Crippen LogP) is 4.12. The molecule has 2 N–H and O–H groups in total. The number of thiazole rings is 1. The Balaban J connectivity index is 1.45. The number of β-amino-alcohol motifs (C(OH)–C–C–N with tert-alkyl or cyclic N) is 1. The van der Waals surface area contributed by atoms with Gasteiger partial charge in [-0.1, -0.05) is 45.0 Å². The minimum Gasteiger partial charge on any atom is -0.481 e. The first-order valence-electron chi connectivity index (χ1n) is 15.8. The highest BCUT2D eigenvalue weighted by Gasteiger charge is 2.44. The first-order chi connectivity index (χ1) is 21.9. The fraction of sp³-hybridized carbons (Fsp3) is 0.618. The lowest BCUT2D eigenvalue weighted by atomic mass is 9.76. The Labute approximate surface area is 275 Å². The Bertz CT molecular complexity index is 1290. The van der Waals surface area contributed by atoms with E-state index in [0.717, 1.165) is 21.7 Å². The number of hydrogen-bond acceptors (Lipinski definition) is 10. The van der Waals surface area contributed by atoms with Crippen LogP contribution in [0.5, 0.6) is 0 Å². The molecule has 1 aromatic carbocycles. The average molecular weight is 661 g/mol. The van der Waals surface area contributed by atoms with E-state index in [1.165, 1.54) is 4.90 Å². The number of carbonyl (C=O) groups is 4. The number of hydrogen-bond donors (Lipinski definition) is 2. The van der Waals surface area contributed by atoms with Crippen LogP contribution in [0.1, 0.15) is 64.1 Å². The summed E-state index contributed by atoms with van der Waals surface area (Å²) < 4.78 is 16.0. The number of aromatic nitrogens is 1. The van der Waals surface area contributed by atoms with Crippen LogP contribution in [0.4, 0.5) is 0 Å². The number of aliphatic carboxylic acids is 1. The predicted molar refractivity (Wildman–Crippen MR) is 174 cm³/mol. The van der Waals surface area contributed by atoms with Crippen LogP contribution in [0.3, 0.4) is 0 Å². The molecule has 1 aromatic heterocycles. The molecule has 3 rings (SSSR count). The number of likely N-dealkylation sites (tertiary alicyclic amines) is 1. The summed E-state index contributed by atoms with van der Waals surface area (Å²) in [7, 11) is 0. The molecule has 1 aliphatic rings. The normalized spacial score (nSPS) is 17.3. The van der Waals surface area contributed by atoms with Crippen molar-refractivity contribution < 1.29 is 43.6 Å². The Hall–Kier alpha value is -3.03. The van der Waals surface area contributed by atoms with Gasteiger partial charge >= 0.3 is 5.97 Å². The van der Waals surface area contributed by atoms with Crippen molar-refractivity contribution in [3.8, 4) is 10.4 Å². The van der Waals surface area contributed by atoms with Crippen molar-refractivity contribution in [3.63, 3.8) is 0 Å². The molecule has 12 heteroatoms. The fourth-order valence-corrected chi connectivity index (χ4v) is 6.19. The third-order valence-corrected chi connectivity index (χ3v) is 9.04. The van der Waals surface area contributed by atoms with Gasteiger partial charge in [-0.15, -0.1) is 11.3 Å². The van der Waals surface area contributed by atoms with Crippen molar-refractivity contribution in [2.75, 3.05) is 46.2 Å². The molecule has 3 atom stereocenters. The standard InChI is InChI=1S/C34H48N2O9S/c1-23-32(46-22-35-23)25-8-5-24(6-9-25)7-10-30(39)29-20-27(38)21-36(29)33(42)28(34(2,3)4)19-26(37)11-13-43-15-17-45-18-16-44-14-12-31(40)41/h5-6,8-9,22,27-29,38H,7,10-21H2,1-4H3,(H,40,41)/t27-,28-,29+/m1/s1. The third kappa shape index (κ3) is 12.0. The quantitative estimate of drug-likeness (QED) is 0.198. The molecule has 1 fully saturated rings. The number of ketones is 2. The van der Waals surface area contributed by atoms with Gasteiger partial charge in [0, 0.05) is 38.1 Å². The zero-order valence-corrected chi connectivity index (χ0v) is 28.2. The lowest BCUT2D eigenvalue weighted by molar-refractivity contribution is -0.146. The first kappa shape index (κ1) is 37.4. The summed E-state index contributed by atoms with van der Waals surface area (Å²) >= 11 is 1.59. The second-order valence-electron chi connectivity index (χ2n) is 12.7. The number of carbonyl (C=O) groups excluding carboxylic acids is 3. The van der Waals surface area contributed by atoms with Crippen molar-refractivity contribution in [3.05, 3.63) is 41.0 Å². The molecular formula is C34H48N2O9S. The van der Waals surface area contributed by atoms with Crippen LogP contribution in [-0.2, 0) is 39.8 Å². The summed E-state index contributed by atoms with van der Waals surface area (Å²) in [6, 6.07) is 7.37. The van der Waals surface area contributed by atoms with E-state index >= 15 is 0 Å². The molecule has 0 spiro atoms. The summed E-state index contributed by atoms with van der Waals surface area (Å²) in [6.45, 7) is 9.29. The number of ether oxygens (including phenoxy) is 3. The van der Waals surface area contributed by atoms with Crippen LogP contribution < -0.4 is 0 Å². The summed E-state index contributed by atoms with van der Waals surface area (Å²) in [4.78, 5) is 57.5. The molecule has 0 bridgehead atoms. The van der Waals surface area contributed by atoms with E-state index in [4.69, 9.17) is 19.3 Å². The molecule has 1 saturated heterocycles. The molecule has 11 nitrogen and oxygen atoms in total. The number of amides is 1. The van der Waals surface area contributed by atoms with Crippen LogP contribution in [0.25, 0.3) is 10.4 Å².